The molecule has 0 saturated carbocycles. The molecule has 20 heavy (non-hydrogen) atoms. The number of amides is 3. The van der Waals surface area contributed by atoms with Gasteiger partial charge in [0.2, 0.25) is 0 Å². The molecule has 1 rings (SSSR count). The Kier molecular flexibility index (Phi) is 5.36. The van der Waals surface area contributed by atoms with Gasteiger partial charge in [-0.05, 0) is 20.8 Å². The Hall–Kier alpha value is -2.25. The van der Waals surface area contributed by atoms with Crippen molar-refractivity contribution in [3.8, 4) is 0 Å². The van der Waals surface area contributed by atoms with Crippen LogP contribution in [0.25, 0.3) is 0 Å². The maximum Gasteiger partial charge on any atom is 0.407 e. The lowest BCUT2D eigenvalue weighted by molar-refractivity contribution is 0.0528. The number of carbonyl (C=O) groups is 2. The first-order valence-corrected chi connectivity index (χ1v) is 6.26. The highest BCUT2D eigenvalue weighted by molar-refractivity contribution is 5.88. The number of carbonyl (C=O) groups excluding carboxylic acids is 2. The number of alkyl carbamates (subject to hydrolysis) is 1. The molecule has 1 heterocycles. The van der Waals surface area contributed by atoms with E-state index < -0.39 is 11.7 Å². The van der Waals surface area contributed by atoms with Crippen molar-refractivity contribution in [3.63, 3.8) is 0 Å². The maximum atomic E-state index is 11.5. The van der Waals surface area contributed by atoms with Gasteiger partial charge in [-0.3, -0.25) is 4.68 Å². The second kappa shape index (κ2) is 6.78. The van der Waals surface area contributed by atoms with Crippen LogP contribution in [0.2, 0.25) is 0 Å². The number of rotatable bonds is 4. The van der Waals surface area contributed by atoms with Crippen molar-refractivity contribution in [3.05, 3.63) is 12.4 Å². The van der Waals surface area contributed by atoms with Crippen LogP contribution in [0.4, 0.5) is 15.3 Å². The molecule has 8 nitrogen and oxygen atoms in total. The largest absolute Gasteiger partial charge is 0.444 e. The number of hydrogen-bond acceptors (Lipinski definition) is 4. The number of hydrogen-bond donors (Lipinski definition) is 3. The molecule has 3 amide bonds. The van der Waals surface area contributed by atoms with Gasteiger partial charge in [0.05, 0.1) is 11.9 Å². The zero-order valence-corrected chi connectivity index (χ0v) is 12.2. The summed E-state index contributed by atoms with van der Waals surface area (Å²) in [7, 11) is 1.76. The Morgan fingerprint density at radius 2 is 1.95 bits per heavy atom. The lowest BCUT2D eigenvalue weighted by Gasteiger charge is -2.19. The van der Waals surface area contributed by atoms with Gasteiger partial charge < -0.3 is 20.7 Å². The van der Waals surface area contributed by atoms with Gasteiger partial charge in [-0.25, -0.2) is 9.59 Å². The van der Waals surface area contributed by atoms with Gasteiger partial charge in [0.15, 0.2) is 0 Å². The van der Waals surface area contributed by atoms with Gasteiger partial charge in [0.1, 0.15) is 5.60 Å². The van der Waals surface area contributed by atoms with Crippen LogP contribution < -0.4 is 16.0 Å². The van der Waals surface area contributed by atoms with Gasteiger partial charge in [-0.15, -0.1) is 0 Å². The van der Waals surface area contributed by atoms with Gasteiger partial charge in [0.25, 0.3) is 0 Å². The summed E-state index contributed by atoms with van der Waals surface area (Å²) in [6.45, 7) is 5.94. The lowest BCUT2D eigenvalue weighted by atomic mass is 10.2. The third-order valence-electron chi connectivity index (χ3n) is 2.04. The highest BCUT2D eigenvalue weighted by Gasteiger charge is 2.15. The van der Waals surface area contributed by atoms with Crippen molar-refractivity contribution in [1.82, 2.24) is 20.4 Å². The molecule has 0 radical (unpaired) electrons. The van der Waals surface area contributed by atoms with E-state index in [2.05, 4.69) is 21.0 Å². The maximum absolute atomic E-state index is 11.5. The molecule has 1 aromatic rings. The molecule has 0 aliphatic heterocycles. The molecule has 0 fully saturated rings. The molecule has 0 atom stereocenters. The molecule has 0 aliphatic carbocycles. The molecule has 8 heteroatoms. The molecular weight excluding hydrogens is 262 g/mol. The summed E-state index contributed by atoms with van der Waals surface area (Å²) in [5, 5.41) is 11.7. The van der Waals surface area contributed by atoms with Crippen molar-refractivity contribution in [2.45, 2.75) is 26.4 Å². The normalized spacial score (nSPS) is 10.8. The summed E-state index contributed by atoms with van der Waals surface area (Å²) in [6, 6.07) is -0.357. The van der Waals surface area contributed by atoms with Crippen LogP contribution in [-0.2, 0) is 11.8 Å². The fraction of sp³-hybridized carbons (Fsp3) is 0.583. The van der Waals surface area contributed by atoms with E-state index in [-0.39, 0.29) is 12.6 Å². The zero-order chi connectivity index (χ0) is 15.2. The molecule has 1 aromatic heterocycles. The topological polar surface area (TPSA) is 97.3 Å². The summed E-state index contributed by atoms with van der Waals surface area (Å²) in [5.41, 5.74) is 0.0694. The van der Waals surface area contributed by atoms with E-state index in [0.717, 1.165) is 0 Å². The fourth-order valence-electron chi connectivity index (χ4n) is 1.32. The molecule has 3 N–H and O–H groups in total. The number of ether oxygens (including phenoxy) is 1. The second-order valence-corrected chi connectivity index (χ2v) is 5.21. The Bertz CT molecular complexity index is 464. The molecule has 0 unspecified atom stereocenters. The minimum Gasteiger partial charge on any atom is -0.444 e. The van der Waals surface area contributed by atoms with Crippen LogP contribution in [0, 0.1) is 0 Å². The Labute approximate surface area is 117 Å². The van der Waals surface area contributed by atoms with Gasteiger partial charge in [-0.2, -0.15) is 5.10 Å². The zero-order valence-electron chi connectivity index (χ0n) is 12.2. The standard InChI is InChI=1S/C12H21N5O3/c1-12(2,3)20-11(19)14-6-5-13-10(18)16-9-7-15-17(4)8-9/h7-8H,5-6H2,1-4H3,(H,14,19)(H2,13,16,18). The molecular formula is C12H21N5O3. The fourth-order valence-corrected chi connectivity index (χ4v) is 1.32. The highest BCUT2D eigenvalue weighted by Crippen LogP contribution is 2.06. The summed E-state index contributed by atoms with van der Waals surface area (Å²) >= 11 is 0. The second-order valence-electron chi connectivity index (χ2n) is 5.21. The summed E-state index contributed by atoms with van der Waals surface area (Å²) in [4.78, 5) is 22.8. The first kappa shape index (κ1) is 15.8. The lowest BCUT2D eigenvalue weighted by Crippen LogP contribution is -2.39. The summed E-state index contributed by atoms with van der Waals surface area (Å²) in [5.74, 6) is 0. The number of aromatic nitrogens is 2. The molecule has 0 saturated heterocycles. The summed E-state index contributed by atoms with van der Waals surface area (Å²) < 4.78 is 6.64. The number of nitrogens with one attached hydrogen (secondary N) is 3. The van der Waals surface area contributed by atoms with Gasteiger partial charge in [0, 0.05) is 26.3 Å². The molecule has 0 spiro atoms. The third kappa shape index (κ3) is 6.62. The Morgan fingerprint density at radius 1 is 1.30 bits per heavy atom. The van der Waals surface area contributed by atoms with E-state index in [9.17, 15) is 9.59 Å². The minimum atomic E-state index is -0.533. The van der Waals surface area contributed by atoms with Crippen molar-refractivity contribution in [1.29, 1.82) is 0 Å². The Balaban J connectivity index is 2.15. The Morgan fingerprint density at radius 3 is 2.50 bits per heavy atom. The summed E-state index contributed by atoms with van der Waals surface area (Å²) in [6.07, 6.45) is 2.71. The van der Waals surface area contributed by atoms with E-state index in [1.807, 2.05) is 0 Å². The van der Waals surface area contributed by atoms with Crippen molar-refractivity contribution >= 4 is 17.8 Å². The van der Waals surface area contributed by atoms with Crippen molar-refractivity contribution in [2.75, 3.05) is 18.4 Å². The van der Waals surface area contributed by atoms with Crippen LogP contribution in [0.3, 0.4) is 0 Å². The minimum absolute atomic E-state index is 0.287. The predicted octanol–water partition coefficient (Wildman–Crippen LogP) is 1.07. The molecule has 0 bridgehead atoms. The van der Waals surface area contributed by atoms with E-state index in [1.165, 1.54) is 0 Å². The van der Waals surface area contributed by atoms with Gasteiger partial charge in [-0.1, -0.05) is 0 Å². The first-order valence-electron chi connectivity index (χ1n) is 6.26. The van der Waals surface area contributed by atoms with Crippen LogP contribution in [0.1, 0.15) is 20.8 Å². The number of aryl methyl sites for hydroxylation is 1. The van der Waals surface area contributed by atoms with E-state index in [0.29, 0.717) is 12.2 Å². The van der Waals surface area contributed by atoms with Gasteiger partial charge >= 0.3 is 12.1 Å². The van der Waals surface area contributed by atoms with Crippen LogP contribution in [-0.4, -0.2) is 40.6 Å². The third-order valence-corrected chi connectivity index (χ3v) is 2.04. The van der Waals surface area contributed by atoms with E-state index in [1.54, 1.807) is 44.9 Å². The van der Waals surface area contributed by atoms with Crippen molar-refractivity contribution in [2.24, 2.45) is 7.05 Å². The number of urea groups is 1. The van der Waals surface area contributed by atoms with Crippen LogP contribution >= 0.6 is 0 Å². The number of anilines is 1. The quantitative estimate of drug-likeness (QED) is 0.720. The molecule has 112 valence electrons. The van der Waals surface area contributed by atoms with Crippen LogP contribution in [0.15, 0.2) is 12.4 Å². The highest BCUT2D eigenvalue weighted by atomic mass is 16.6. The van der Waals surface area contributed by atoms with E-state index in [4.69, 9.17) is 4.74 Å². The number of nitrogens with zero attached hydrogens (tertiary/aromatic N) is 2. The van der Waals surface area contributed by atoms with Crippen LogP contribution in [0.5, 0.6) is 0 Å². The van der Waals surface area contributed by atoms with E-state index >= 15 is 0 Å². The monoisotopic (exact) mass is 283 g/mol. The molecule has 0 aliphatic rings. The predicted molar refractivity (Wildman–Crippen MR) is 74.5 cm³/mol. The van der Waals surface area contributed by atoms with Crippen molar-refractivity contribution < 1.29 is 14.3 Å². The SMILES string of the molecule is Cn1cc(NC(=O)NCCNC(=O)OC(C)(C)C)cn1. The first-order chi connectivity index (χ1) is 9.26. The smallest absolute Gasteiger partial charge is 0.407 e. The average molecular weight is 283 g/mol. The molecule has 0 aromatic carbocycles. The average Bonchev–Trinajstić information content (AvgIpc) is 2.68.